The highest BCUT2D eigenvalue weighted by molar-refractivity contribution is 7.19. The van der Waals surface area contributed by atoms with Crippen molar-refractivity contribution in [2.45, 2.75) is 25.4 Å². The lowest BCUT2D eigenvalue weighted by Crippen LogP contribution is -2.29. The molecule has 1 aliphatic heterocycles. The van der Waals surface area contributed by atoms with Crippen LogP contribution in [0.3, 0.4) is 0 Å². The number of nitrogens with one attached hydrogen (secondary N) is 1. The number of alkyl halides is 3. The molecule has 2 heterocycles. The molecule has 0 radical (unpaired) electrons. The van der Waals surface area contributed by atoms with E-state index in [0.29, 0.717) is 5.13 Å². The number of amides is 1. The average Bonchev–Trinajstić information content (AvgIpc) is 2.77. The fourth-order valence-electron chi connectivity index (χ4n) is 1.65. The van der Waals surface area contributed by atoms with Gasteiger partial charge in [0.2, 0.25) is 10.3 Å². The Hall–Kier alpha value is -1.38. The molecular formula is C9H11F3N4OS. The van der Waals surface area contributed by atoms with Gasteiger partial charge in [-0.05, 0) is 19.3 Å². The maximum Gasteiger partial charge on any atom is 0.471 e. The second-order valence-electron chi connectivity index (χ2n) is 3.89. The summed E-state index contributed by atoms with van der Waals surface area (Å²) in [5.74, 6) is -2.02. The third-order valence-electron chi connectivity index (χ3n) is 2.52. The Morgan fingerprint density at radius 2 is 1.89 bits per heavy atom. The summed E-state index contributed by atoms with van der Waals surface area (Å²) >= 11 is 0.956. The van der Waals surface area contributed by atoms with Crippen molar-refractivity contribution >= 4 is 27.5 Å². The van der Waals surface area contributed by atoms with E-state index < -0.39 is 12.1 Å². The van der Waals surface area contributed by atoms with E-state index in [1.54, 1.807) is 5.32 Å². The Bertz CT molecular complexity index is 428. The molecule has 0 spiro atoms. The number of nitrogens with zero attached hydrogens (tertiary/aromatic N) is 3. The Labute approximate surface area is 105 Å². The van der Waals surface area contributed by atoms with E-state index in [4.69, 9.17) is 0 Å². The van der Waals surface area contributed by atoms with Crippen molar-refractivity contribution in [3.05, 3.63) is 0 Å². The minimum Gasteiger partial charge on any atom is -0.347 e. The van der Waals surface area contributed by atoms with Crippen LogP contribution in [-0.4, -0.2) is 35.4 Å². The summed E-state index contributed by atoms with van der Waals surface area (Å²) in [7, 11) is 0. The zero-order valence-electron chi connectivity index (χ0n) is 9.33. The molecule has 0 unspecified atom stereocenters. The van der Waals surface area contributed by atoms with Crippen LogP contribution in [-0.2, 0) is 4.79 Å². The second-order valence-corrected chi connectivity index (χ2v) is 4.85. The smallest absolute Gasteiger partial charge is 0.347 e. The SMILES string of the molecule is O=C(Nc1nnc(N2CCCCC2)s1)C(F)(F)F. The van der Waals surface area contributed by atoms with Gasteiger partial charge in [0.05, 0.1) is 0 Å². The molecule has 0 bridgehead atoms. The molecule has 1 saturated heterocycles. The van der Waals surface area contributed by atoms with Gasteiger partial charge in [-0.2, -0.15) is 13.2 Å². The molecule has 1 amide bonds. The Morgan fingerprint density at radius 3 is 2.50 bits per heavy atom. The molecule has 0 aliphatic carbocycles. The largest absolute Gasteiger partial charge is 0.471 e. The van der Waals surface area contributed by atoms with Gasteiger partial charge < -0.3 is 4.90 Å². The first-order chi connectivity index (χ1) is 8.47. The quantitative estimate of drug-likeness (QED) is 0.900. The molecule has 1 fully saturated rings. The lowest BCUT2D eigenvalue weighted by molar-refractivity contribution is -0.167. The van der Waals surface area contributed by atoms with Gasteiger partial charge in [-0.15, -0.1) is 10.2 Å². The van der Waals surface area contributed by atoms with Crippen LogP contribution >= 0.6 is 11.3 Å². The third kappa shape index (κ3) is 3.09. The lowest BCUT2D eigenvalue weighted by atomic mass is 10.1. The highest BCUT2D eigenvalue weighted by Gasteiger charge is 2.39. The van der Waals surface area contributed by atoms with Gasteiger partial charge in [0.1, 0.15) is 0 Å². The number of aromatic nitrogens is 2. The third-order valence-corrected chi connectivity index (χ3v) is 3.42. The summed E-state index contributed by atoms with van der Waals surface area (Å²) < 4.78 is 36.1. The van der Waals surface area contributed by atoms with E-state index in [0.717, 1.165) is 43.7 Å². The van der Waals surface area contributed by atoms with E-state index in [9.17, 15) is 18.0 Å². The second kappa shape index (κ2) is 5.09. The number of rotatable bonds is 2. The zero-order chi connectivity index (χ0) is 13.2. The molecule has 100 valence electrons. The lowest BCUT2D eigenvalue weighted by Gasteiger charge is -2.25. The molecule has 1 aromatic heterocycles. The molecule has 1 aromatic rings. The number of piperidine rings is 1. The number of anilines is 2. The fraction of sp³-hybridized carbons (Fsp3) is 0.667. The minimum atomic E-state index is -4.91. The topological polar surface area (TPSA) is 58.1 Å². The van der Waals surface area contributed by atoms with Crippen LogP contribution in [0.15, 0.2) is 0 Å². The van der Waals surface area contributed by atoms with Crippen LogP contribution in [0.2, 0.25) is 0 Å². The van der Waals surface area contributed by atoms with E-state index in [1.165, 1.54) is 0 Å². The summed E-state index contributed by atoms with van der Waals surface area (Å²) in [6.07, 6.45) is -1.70. The van der Waals surface area contributed by atoms with Gasteiger partial charge in [-0.25, -0.2) is 0 Å². The average molecular weight is 280 g/mol. The summed E-state index contributed by atoms with van der Waals surface area (Å²) in [5, 5.41) is 9.44. The van der Waals surface area contributed by atoms with Crippen molar-refractivity contribution in [2.24, 2.45) is 0 Å². The predicted molar refractivity (Wildman–Crippen MR) is 60.7 cm³/mol. The van der Waals surface area contributed by atoms with Crippen LogP contribution in [0, 0.1) is 0 Å². The van der Waals surface area contributed by atoms with Gasteiger partial charge in [0.15, 0.2) is 0 Å². The highest BCUT2D eigenvalue weighted by Crippen LogP contribution is 2.27. The van der Waals surface area contributed by atoms with Gasteiger partial charge in [0, 0.05) is 13.1 Å². The maximum atomic E-state index is 12.0. The van der Waals surface area contributed by atoms with Crippen molar-refractivity contribution in [2.75, 3.05) is 23.3 Å². The summed E-state index contributed by atoms with van der Waals surface area (Å²) in [4.78, 5) is 12.7. The van der Waals surface area contributed by atoms with Crippen molar-refractivity contribution < 1.29 is 18.0 Å². The molecule has 5 nitrogen and oxygen atoms in total. The number of hydrogen-bond acceptors (Lipinski definition) is 5. The molecule has 0 aromatic carbocycles. The molecule has 9 heteroatoms. The number of hydrogen-bond donors (Lipinski definition) is 1. The Balaban J connectivity index is 1.99. The number of carbonyl (C=O) groups is 1. The zero-order valence-corrected chi connectivity index (χ0v) is 10.1. The highest BCUT2D eigenvalue weighted by atomic mass is 32.1. The monoisotopic (exact) mass is 280 g/mol. The van der Waals surface area contributed by atoms with Crippen LogP contribution in [0.5, 0.6) is 0 Å². The van der Waals surface area contributed by atoms with E-state index in [1.807, 2.05) is 4.90 Å². The summed E-state index contributed by atoms with van der Waals surface area (Å²) in [6, 6.07) is 0. The van der Waals surface area contributed by atoms with Gasteiger partial charge >= 0.3 is 12.1 Å². The first-order valence-corrected chi connectivity index (χ1v) is 6.25. The fourth-order valence-corrected chi connectivity index (χ4v) is 2.44. The van der Waals surface area contributed by atoms with E-state index in [-0.39, 0.29) is 5.13 Å². The molecule has 2 rings (SSSR count). The summed E-state index contributed by atoms with van der Waals surface area (Å²) in [5.41, 5.74) is 0. The molecule has 0 atom stereocenters. The minimum absolute atomic E-state index is 0.127. The summed E-state index contributed by atoms with van der Waals surface area (Å²) in [6.45, 7) is 1.64. The molecular weight excluding hydrogens is 269 g/mol. The van der Waals surface area contributed by atoms with Crippen molar-refractivity contribution in [1.29, 1.82) is 0 Å². The van der Waals surface area contributed by atoms with Crippen LogP contribution in [0.4, 0.5) is 23.4 Å². The van der Waals surface area contributed by atoms with Gasteiger partial charge in [-0.1, -0.05) is 11.3 Å². The molecule has 1 aliphatic rings. The first-order valence-electron chi connectivity index (χ1n) is 5.43. The maximum absolute atomic E-state index is 12.0. The van der Waals surface area contributed by atoms with Crippen molar-refractivity contribution in [1.82, 2.24) is 10.2 Å². The van der Waals surface area contributed by atoms with Gasteiger partial charge in [0.25, 0.3) is 0 Å². The van der Waals surface area contributed by atoms with E-state index in [2.05, 4.69) is 10.2 Å². The van der Waals surface area contributed by atoms with Crippen molar-refractivity contribution in [3.63, 3.8) is 0 Å². The number of carbonyl (C=O) groups excluding carboxylic acids is 1. The molecule has 1 N–H and O–H groups in total. The molecule has 18 heavy (non-hydrogen) atoms. The first kappa shape index (κ1) is 13.1. The Kier molecular flexibility index (Phi) is 3.69. The van der Waals surface area contributed by atoms with Crippen molar-refractivity contribution in [3.8, 4) is 0 Å². The normalized spacial score (nSPS) is 16.7. The van der Waals surface area contributed by atoms with Crippen LogP contribution in [0.25, 0.3) is 0 Å². The van der Waals surface area contributed by atoms with Crippen LogP contribution in [0.1, 0.15) is 19.3 Å². The standard InChI is InChI=1S/C9H11F3N4OS/c10-9(11,12)6(17)13-7-14-15-8(18-7)16-4-2-1-3-5-16/h1-5H2,(H,13,14,17). The molecule has 0 saturated carbocycles. The van der Waals surface area contributed by atoms with E-state index >= 15 is 0 Å². The Morgan fingerprint density at radius 1 is 1.22 bits per heavy atom. The van der Waals surface area contributed by atoms with Gasteiger partial charge in [-0.3, -0.25) is 10.1 Å². The predicted octanol–water partition coefficient (Wildman–Crippen LogP) is 2.03. The van der Waals surface area contributed by atoms with Crippen LogP contribution < -0.4 is 10.2 Å². The number of halogens is 3.